The predicted molar refractivity (Wildman–Crippen MR) is 89.9 cm³/mol. The van der Waals surface area contributed by atoms with E-state index in [1.807, 2.05) is 6.07 Å². The minimum Gasteiger partial charge on any atom is -0.326 e. The zero-order chi connectivity index (χ0) is 15.2. The number of thioether (sulfide) groups is 1. The van der Waals surface area contributed by atoms with Crippen LogP contribution in [-0.2, 0) is 5.75 Å². The fourth-order valence-electron chi connectivity index (χ4n) is 2.35. The second kappa shape index (κ2) is 7.62. The topological polar surface area (TPSA) is 26.0 Å². The van der Waals surface area contributed by atoms with Crippen molar-refractivity contribution in [3.05, 3.63) is 71.0 Å². The Hall–Kier alpha value is -1.32. The van der Waals surface area contributed by atoms with Gasteiger partial charge in [0.1, 0.15) is 5.82 Å². The minimum absolute atomic E-state index is 0.0293. The monoisotopic (exact) mass is 303 g/mol. The highest BCUT2D eigenvalue weighted by Crippen LogP contribution is 2.35. The first-order chi connectivity index (χ1) is 10.1. The van der Waals surface area contributed by atoms with E-state index >= 15 is 0 Å². The van der Waals surface area contributed by atoms with Gasteiger partial charge in [-0.05, 0) is 36.6 Å². The second-order valence-corrected chi connectivity index (χ2v) is 6.48. The van der Waals surface area contributed by atoms with Crippen molar-refractivity contribution in [2.24, 2.45) is 5.73 Å². The number of benzene rings is 2. The zero-order valence-electron chi connectivity index (χ0n) is 12.6. The molecule has 0 saturated heterocycles. The molecule has 0 amide bonds. The third-order valence-electron chi connectivity index (χ3n) is 3.55. The smallest absolute Gasteiger partial charge is 0.123 e. The molecule has 0 spiro atoms. The third-order valence-corrected chi connectivity index (χ3v) is 5.03. The number of hydrogen-bond donors (Lipinski definition) is 1. The summed E-state index contributed by atoms with van der Waals surface area (Å²) in [5, 5.41) is 0.117. The van der Waals surface area contributed by atoms with Crippen molar-refractivity contribution in [1.82, 2.24) is 0 Å². The molecule has 21 heavy (non-hydrogen) atoms. The van der Waals surface area contributed by atoms with Crippen LogP contribution >= 0.6 is 11.8 Å². The van der Waals surface area contributed by atoms with Gasteiger partial charge < -0.3 is 5.73 Å². The van der Waals surface area contributed by atoms with E-state index in [0.717, 1.165) is 17.7 Å². The summed E-state index contributed by atoms with van der Waals surface area (Å²) in [4.78, 5) is 0. The van der Waals surface area contributed by atoms with E-state index in [2.05, 4.69) is 38.1 Å². The lowest BCUT2D eigenvalue weighted by Crippen LogP contribution is -2.25. The van der Waals surface area contributed by atoms with Gasteiger partial charge in [-0.2, -0.15) is 0 Å². The van der Waals surface area contributed by atoms with E-state index in [4.69, 9.17) is 5.73 Å². The molecule has 0 aromatic heterocycles. The van der Waals surface area contributed by atoms with Gasteiger partial charge in [-0.15, -0.1) is 11.8 Å². The standard InChI is InChI=1S/C18H22FNS/c1-3-17(20)18(15-8-5-9-16(19)11-15)21-12-14-7-4-6-13(2)10-14/h4-11,17-18H,3,12,20H2,1-2H3. The molecule has 0 fully saturated rings. The largest absolute Gasteiger partial charge is 0.326 e. The summed E-state index contributed by atoms with van der Waals surface area (Å²) in [6.07, 6.45) is 0.877. The van der Waals surface area contributed by atoms with Gasteiger partial charge in [0.15, 0.2) is 0 Å². The molecule has 2 unspecified atom stereocenters. The number of nitrogens with two attached hydrogens (primary N) is 1. The maximum absolute atomic E-state index is 13.5. The highest BCUT2D eigenvalue weighted by Gasteiger charge is 2.19. The van der Waals surface area contributed by atoms with Gasteiger partial charge >= 0.3 is 0 Å². The first-order valence-electron chi connectivity index (χ1n) is 7.28. The molecule has 3 heteroatoms. The Morgan fingerprint density at radius 2 is 1.90 bits per heavy atom. The van der Waals surface area contributed by atoms with Crippen LogP contribution in [0.1, 0.15) is 35.3 Å². The van der Waals surface area contributed by atoms with E-state index in [1.165, 1.54) is 17.2 Å². The average molecular weight is 303 g/mol. The van der Waals surface area contributed by atoms with Gasteiger partial charge in [0.05, 0.1) is 0 Å². The van der Waals surface area contributed by atoms with Crippen LogP contribution in [0.3, 0.4) is 0 Å². The van der Waals surface area contributed by atoms with Crippen LogP contribution in [0.4, 0.5) is 4.39 Å². The van der Waals surface area contributed by atoms with Gasteiger partial charge in [0.25, 0.3) is 0 Å². The predicted octanol–water partition coefficient (Wildman–Crippen LogP) is 4.85. The molecule has 0 aliphatic heterocycles. The van der Waals surface area contributed by atoms with E-state index in [-0.39, 0.29) is 17.1 Å². The molecule has 0 bridgehead atoms. The van der Waals surface area contributed by atoms with Crippen LogP contribution in [0.25, 0.3) is 0 Å². The molecule has 2 aromatic rings. The van der Waals surface area contributed by atoms with Gasteiger partial charge in [-0.3, -0.25) is 0 Å². The van der Waals surface area contributed by atoms with Crippen molar-refractivity contribution in [2.45, 2.75) is 37.3 Å². The molecular weight excluding hydrogens is 281 g/mol. The number of aryl methyl sites for hydroxylation is 1. The van der Waals surface area contributed by atoms with Crippen LogP contribution in [0.15, 0.2) is 48.5 Å². The van der Waals surface area contributed by atoms with E-state index in [1.54, 1.807) is 23.9 Å². The summed E-state index contributed by atoms with van der Waals surface area (Å²) in [7, 11) is 0. The van der Waals surface area contributed by atoms with Gasteiger partial charge in [0.2, 0.25) is 0 Å². The lowest BCUT2D eigenvalue weighted by Gasteiger charge is -2.23. The average Bonchev–Trinajstić information content (AvgIpc) is 2.47. The van der Waals surface area contributed by atoms with Crippen LogP contribution in [0.2, 0.25) is 0 Å². The van der Waals surface area contributed by atoms with Crippen molar-refractivity contribution in [1.29, 1.82) is 0 Å². The molecule has 1 nitrogen and oxygen atoms in total. The van der Waals surface area contributed by atoms with E-state index < -0.39 is 0 Å². The lowest BCUT2D eigenvalue weighted by molar-refractivity contribution is 0.610. The Balaban J connectivity index is 2.14. The van der Waals surface area contributed by atoms with Gasteiger partial charge in [-0.25, -0.2) is 4.39 Å². The van der Waals surface area contributed by atoms with Crippen LogP contribution in [0, 0.1) is 12.7 Å². The Bertz CT molecular complexity index is 585. The highest BCUT2D eigenvalue weighted by molar-refractivity contribution is 7.98. The number of rotatable bonds is 6. The molecule has 2 aromatic carbocycles. The Labute approximate surface area is 130 Å². The maximum Gasteiger partial charge on any atom is 0.123 e. The fourth-order valence-corrected chi connectivity index (χ4v) is 3.68. The molecule has 0 radical (unpaired) electrons. The van der Waals surface area contributed by atoms with Crippen molar-refractivity contribution in [3.8, 4) is 0 Å². The second-order valence-electron chi connectivity index (χ2n) is 5.35. The summed E-state index contributed by atoms with van der Waals surface area (Å²) in [5.74, 6) is 0.688. The molecular formula is C18H22FNS. The van der Waals surface area contributed by atoms with Crippen molar-refractivity contribution in [2.75, 3.05) is 0 Å². The summed E-state index contributed by atoms with van der Waals surface area (Å²) in [6.45, 7) is 4.17. The molecule has 0 heterocycles. The Morgan fingerprint density at radius 1 is 1.14 bits per heavy atom. The molecule has 0 aliphatic carbocycles. The van der Waals surface area contributed by atoms with Crippen LogP contribution in [-0.4, -0.2) is 6.04 Å². The quantitative estimate of drug-likeness (QED) is 0.826. The SMILES string of the molecule is CCC(N)C(SCc1cccc(C)c1)c1cccc(F)c1. The number of halogens is 1. The van der Waals surface area contributed by atoms with E-state index in [0.29, 0.717) is 0 Å². The maximum atomic E-state index is 13.5. The molecule has 2 N–H and O–H groups in total. The molecule has 0 aliphatic rings. The fraction of sp³-hybridized carbons (Fsp3) is 0.333. The molecule has 112 valence electrons. The molecule has 2 atom stereocenters. The van der Waals surface area contributed by atoms with Gasteiger partial charge in [0, 0.05) is 17.0 Å². The first kappa shape index (κ1) is 16.1. The van der Waals surface area contributed by atoms with E-state index in [9.17, 15) is 4.39 Å². The zero-order valence-corrected chi connectivity index (χ0v) is 13.4. The van der Waals surface area contributed by atoms with Crippen LogP contribution in [0.5, 0.6) is 0 Å². The van der Waals surface area contributed by atoms with Crippen molar-refractivity contribution in [3.63, 3.8) is 0 Å². The molecule has 0 saturated carbocycles. The van der Waals surface area contributed by atoms with Gasteiger partial charge in [-0.1, -0.05) is 48.9 Å². The van der Waals surface area contributed by atoms with Crippen molar-refractivity contribution < 1.29 is 4.39 Å². The summed E-state index contributed by atoms with van der Waals surface area (Å²) >= 11 is 1.79. The normalized spacial score (nSPS) is 13.9. The van der Waals surface area contributed by atoms with Crippen LogP contribution < -0.4 is 5.73 Å². The first-order valence-corrected chi connectivity index (χ1v) is 8.33. The Morgan fingerprint density at radius 3 is 2.57 bits per heavy atom. The third kappa shape index (κ3) is 4.58. The summed E-state index contributed by atoms with van der Waals surface area (Å²) in [5.41, 5.74) is 9.77. The lowest BCUT2D eigenvalue weighted by atomic mass is 10.0. The highest BCUT2D eigenvalue weighted by atomic mass is 32.2. The Kier molecular flexibility index (Phi) is 5.83. The number of hydrogen-bond acceptors (Lipinski definition) is 2. The molecule has 2 rings (SSSR count). The summed E-state index contributed by atoms with van der Waals surface area (Å²) in [6, 6.07) is 15.3. The summed E-state index contributed by atoms with van der Waals surface area (Å²) < 4.78 is 13.5. The minimum atomic E-state index is -0.197. The van der Waals surface area contributed by atoms with Crippen molar-refractivity contribution >= 4 is 11.8 Å².